The zero-order valence-electron chi connectivity index (χ0n) is 10.8. The van der Waals surface area contributed by atoms with E-state index in [1.54, 1.807) is 0 Å². The molecule has 0 aliphatic carbocycles. The molecule has 92 valence electrons. The number of thiol groups is 1. The van der Waals surface area contributed by atoms with Crippen LogP contribution in [0.15, 0.2) is 29.2 Å². The van der Waals surface area contributed by atoms with Gasteiger partial charge in [0, 0.05) is 4.90 Å². The standard InChI is InChI=1S/C9H10O2S.2C2H6/c1-11-9(10)6-7-3-2-4-8(12)5-7;2*1-2/h2-5,12H,6H2,1H3;2*1-2H3. The molecule has 0 N–H and O–H groups in total. The highest BCUT2D eigenvalue weighted by Gasteiger charge is 2.01. The highest BCUT2D eigenvalue weighted by molar-refractivity contribution is 7.80. The van der Waals surface area contributed by atoms with E-state index in [0.717, 1.165) is 10.5 Å². The number of hydrogen-bond acceptors (Lipinski definition) is 3. The van der Waals surface area contributed by atoms with Gasteiger partial charge in [-0.15, -0.1) is 12.6 Å². The van der Waals surface area contributed by atoms with Crippen molar-refractivity contribution in [1.82, 2.24) is 0 Å². The zero-order chi connectivity index (χ0) is 13.0. The summed E-state index contributed by atoms with van der Waals surface area (Å²) in [5.41, 5.74) is 0.925. The van der Waals surface area contributed by atoms with E-state index in [4.69, 9.17) is 0 Å². The zero-order valence-corrected chi connectivity index (χ0v) is 11.7. The smallest absolute Gasteiger partial charge is 0.309 e. The number of methoxy groups -OCH3 is 1. The number of ether oxygens (including phenoxy) is 1. The minimum absolute atomic E-state index is 0.228. The van der Waals surface area contributed by atoms with Crippen LogP contribution in [0.4, 0.5) is 0 Å². The summed E-state index contributed by atoms with van der Waals surface area (Å²) in [6.07, 6.45) is 0.310. The van der Waals surface area contributed by atoms with Crippen LogP contribution < -0.4 is 0 Å². The minimum atomic E-state index is -0.228. The molecule has 0 aromatic heterocycles. The Bertz CT molecular complexity index is 285. The second-order valence-electron chi connectivity index (χ2n) is 2.42. The van der Waals surface area contributed by atoms with Gasteiger partial charge in [-0.25, -0.2) is 0 Å². The normalized spacial score (nSPS) is 7.88. The van der Waals surface area contributed by atoms with Gasteiger partial charge in [-0.2, -0.15) is 0 Å². The first-order valence-electron chi connectivity index (χ1n) is 5.57. The average Bonchev–Trinajstić information content (AvgIpc) is 2.34. The Kier molecular flexibility index (Phi) is 13.2. The van der Waals surface area contributed by atoms with Crippen LogP contribution in [-0.4, -0.2) is 13.1 Å². The van der Waals surface area contributed by atoms with E-state index in [9.17, 15) is 4.79 Å². The Morgan fingerprint density at radius 1 is 1.25 bits per heavy atom. The molecule has 0 atom stereocenters. The number of esters is 1. The van der Waals surface area contributed by atoms with Gasteiger partial charge >= 0.3 is 5.97 Å². The molecule has 16 heavy (non-hydrogen) atoms. The largest absolute Gasteiger partial charge is 0.469 e. The summed E-state index contributed by atoms with van der Waals surface area (Å²) in [4.78, 5) is 11.7. The van der Waals surface area contributed by atoms with Crippen molar-refractivity contribution < 1.29 is 9.53 Å². The van der Waals surface area contributed by atoms with Crippen molar-refractivity contribution in [2.24, 2.45) is 0 Å². The number of carbonyl (C=O) groups is 1. The summed E-state index contributed by atoms with van der Waals surface area (Å²) in [6.45, 7) is 8.00. The Morgan fingerprint density at radius 2 is 1.81 bits per heavy atom. The Labute approximate surface area is 104 Å². The van der Waals surface area contributed by atoms with E-state index < -0.39 is 0 Å². The van der Waals surface area contributed by atoms with Gasteiger partial charge in [0.15, 0.2) is 0 Å². The summed E-state index contributed by atoms with van der Waals surface area (Å²) >= 11 is 4.15. The van der Waals surface area contributed by atoms with Gasteiger partial charge in [0.2, 0.25) is 0 Å². The maximum absolute atomic E-state index is 10.8. The lowest BCUT2D eigenvalue weighted by molar-refractivity contribution is -0.139. The van der Waals surface area contributed by atoms with E-state index in [0.29, 0.717) is 6.42 Å². The van der Waals surface area contributed by atoms with Gasteiger partial charge < -0.3 is 4.74 Å². The molecule has 0 bridgehead atoms. The van der Waals surface area contributed by atoms with Crippen LogP contribution in [0.5, 0.6) is 0 Å². The summed E-state index contributed by atoms with van der Waals surface area (Å²) in [6, 6.07) is 7.45. The Hall–Kier alpha value is -0.960. The molecule has 1 aromatic carbocycles. The van der Waals surface area contributed by atoms with Gasteiger partial charge in [0.05, 0.1) is 13.5 Å². The Balaban J connectivity index is 0. The van der Waals surface area contributed by atoms with Crippen LogP contribution in [0.2, 0.25) is 0 Å². The molecule has 0 amide bonds. The molecule has 0 aliphatic rings. The highest BCUT2D eigenvalue weighted by atomic mass is 32.1. The van der Waals surface area contributed by atoms with Crippen LogP contribution in [-0.2, 0) is 16.0 Å². The molecule has 0 fully saturated rings. The van der Waals surface area contributed by atoms with Crippen LogP contribution >= 0.6 is 12.6 Å². The van der Waals surface area contributed by atoms with E-state index in [2.05, 4.69) is 17.4 Å². The van der Waals surface area contributed by atoms with E-state index in [1.165, 1.54) is 7.11 Å². The summed E-state index contributed by atoms with van der Waals surface area (Å²) in [5.74, 6) is -0.228. The molecule has 0 unspecified atom stereocenters. The SMILES string of the molecule is CC.CC.COC(=O)Cc1cccc(S)c1. The first-order chi connectivity index (χ1) is 7.72. The fraction of sp³-hybridized carbons (Fsp3) is 0.462. The molecular formula is C13H22O2S. The van der Waals surface area contributed by atoms with Crippen molar-refractivity contribution in [1.29, 1.82) is 0 Å². The lowest BCUT2D eigenvalue weighted by Crippen LogP contribution is -2.03. The van der Waals surface area contributed by atoms with Gasteiger partial charge in [0.1, 0.15) is 0 Å². The molecule has 2 nitrogen and oxygen atoms in total. The number of rotatable bonds is 2. The molecule has 0 aliphatic heterocycles. The average molecular weight is 242 g/mol. The molecule has 1 aromatic rings. The summed E-state index contributed by atoms with van der Waals surface area (Å²) in [5, 5.41) is 0. The second kappa shape index (κ2) is 12.1. The molecular weight excluding hydrogens is 220 g/mol. The first kappa shape index (κ1) is 17.4. The van der Waals surface area contributed by atoms with Gasteiger partial charge in [0.25, 0.3) is 0 Å². The van der Waals surface area contributed by atoms with Crippen LogP contribution in [0.25, 0.3) is 0 Å². The Morgan fingerprint density at radius 3 is 2.25 bits per heavy atom. The lowest BCUT2D eigenvalue weighted by atomic mass is 10.1. The molecule has 0 radical (unpaired) electrons. The quantitative estimate of drug-likeness (QED) is 0.631. The fourth-order valence-corrected chi connectivity index (χ4v) is 1.16. The monoisotopic (exact) mass is 242 g/mol. The third kappa shape index (κ3) is 8.36. The molecule has 0 saturated carbocycles. The molecule has 0 saturated heterocycles. The molecule has 0 spiro atoms. The topological polar surface area (TPSA) is 26.3 Å². The summed E-state index contributed by atoms with van der Waals surface area (Å²) in [7, 11) is 1.38. The van der Waals surface area contributed by atoms with E-state index in [1.807, 2.05) is 52.0 Å². The van der Waals surface area contributed by atoms with Crippen LogP contribution in [0.1, 0.15) is 33.3 Å². The maximum Gasteiger partial charge on any atom is 0.309 e. The van der Waals surface area contributed by atoms with Gasteiger partial charge in [-0.05, 0) is 17.7 Å². The fourth-order valence-electron chi connectivity index (χ4n) is 0.905. The van der Waals surface area contributed by atoms with Crippen molar-refractivity contribution in [2.45, 2.75) is 39.0 Å². The molecule has 1 rings (SSSR count). The maximum atomic E-state index is 10.8. The van der Waals surface area contributed by atoms with E-state index >= 15 is 0 Å². The molecule has 3 heteroatoms. The van der Waals surface area contributed by atoms with Crippen molar-refractivity contribution in [3.8, 4) is 0 Å². The number of benzene rings is 1. The second-order valence-corrected chi connectivity index (χ2v) is 2.94. The van der Waals surface area contributed by atoms with Gasteiger partial charge in [-0.3, -0.25) is 4.79 Å². The third-order valence-corrected chi connectivity index (χ3v) is 1.76. The first-order valence-corrected chi connectivity index (χ1v) is 6.02. The lowest BCUT2D eigenvalue weighted by Gasteiger charge is -1.99. The molecule has 0 heterocycles. The van der Waals surface area contributed by atoms with Crippen molar-refractivity contribution in [2.75, 3.05) is 7.11 Å². The predicted molar refractivity (Wildman–Crippen MR) is 72.1 cm³/mol. The predicted octanol–water partition coefficient (Wildman–Crippen LogP) is 3.74. The number of carbonyl (C=O) groups excluding carboxylic acids is 1. The van der Waals surface area contributed by atoms with Crippen molar-refractivity contribution in [3.05, 3.63) is 29.8 Å². The number of hydrogen-bond donors (Lipinski definition) is 1. The van der Waals surface area contributed by atoms with Crippen molar-refractivity contribution in [3.63, 3.8) is 0 Å². The highest BCUT2D eigenvalue weighted by Crippen LogP contribution is 2.09. The van der Waals surface area contributed by atoms with E-state index in [-0.39, 0.29) is 5.97 Å². The minimum Gasteiger partial charge on any atom is -0.469 e. The van der Waals surface area contributed by atoms with Crippen LogP contribution in [0, 0.1) is 0 Å². The third-order valence-electron chi connectivity index (χ3n) is 1.49. The van der Waals surface area contributed by atoms with Gasteiger partial charge in [-0.1, -0.05) is 39.8 Å². The summed E-state index contributed by atoms with van der Waals surface area (Å²) < 4.78 is 4.53. The van der Waals surface area contributed by atoms with Crippen LogP contribution in [0.3, 0.4) is 0 Å². The van der Waals surface area contributed by atoms with Crippen molar-refractivity contribution >= 4 is 18.6 Å².